The van der Waals surface area contributed by atoms with Gasteiger partial charge in [-0.2, -0.15) is 13.2 Å². The minimum atomic E-state index is -4.76. The number of aromatic amines is 1. The Morgan fingerprint density at radius 1 is 1.12 bits per heavy atom. The van der Waals surface area contributed by atoms with Crippen LogP contribution in [0.1, 0.15) is 68.8 Å². The summed E-state index contributed by atoms with van der Waals surface area (Å²) < 4.78 is 59.3. The second-order valence-corrected chi connectivity index (χ2v) is 12.0. The summed E-state index contributed by atoms with van der Waals surface area (Å²) in [4.78, 5) is 32.3. The highest BCUT2D eigenvalue weighted by Crippen LogP contribution is 2.37. The molecule has 1 heterocycles. The number of halogens is 6. The summed E-state index contributed by atoms with van der Waals surface area (Å²) in [6.07, 6.45) is -0.496. The van der Waals surface area contributed by atoms with E-state index in [0.717, 1.165) is 19.3 Å². The Kier molecular flexibility index (Phi) is 9.46. The Morgan fingerprint density at radius 3 is 2.45 bits per heavy atom. The molecule has 0 bridgehead atoms. The van der Waals surface area contributed by atoms with Crippen molar-refractivity contribution in [2.45, 2.75) is 71.6 Å². The van der Waals surface area contributed by atoms with Gasteiger partial charge in [-0.05, 0) is 30.5 Å². The fourth-order valence-electron chi connectivity index (χ4n) is 4.53. The number of amides is 2. The predicted molar refractivity (Wildman–Crippen MR) is 153 cm³/mol. The van der Waals surface area contributed by atoms with Gasteiger partial charge in [-0.3, -0.25) is 9.59 Å². The van der Waals surface area contributed by atoms with Gasteiger partial charge < -0.3 is 25.7 Å². The molecule has 0 spiro atoms. The molecule has 3 aromatic rings. The zero-order valence-corrected chi connectivity index (χ0v) is 24.7. The van der Waals surface area contributed by atoms with E-state index in [4.69, 9.17) is 27.9 Å². The summed E-state index contributed by atoms with van der Waals surface area (Å²) in [5.41, 5.74) is -0.601. The summed E-state index contributed by atoms with van der Waals surface area (Å²) in [5.74, 6) is -3.07. The topological polar surface area (TPSA) is 108 Å². The van der Waals surface area contributed by atoms with Crippen molar-refractivity contribution >= 4 is 57.7 Å². The number of imidazole rings is 1. The van der Waals surface area contributed by atoms with Crippen LogP contribution in [0, 0.1) is 11.2 Å². The molecule has 228 valence electrons. The van der Waals surface area contributed by atoms with E-state index in [1.807, 2.05) is 0 Å². The average Bonchev–Trinajstić information content (AvgIpc) is 3.32. The molecule has 1 aliphatic carbocycles. The van der Waals surface area contributed by atoms with Crippen molar-refractivity contribution in [1.82, 2.24) is 20.6 Å². The van der Waals surface area contributed by atoms with Crippen LogP contribution >= 0.6 is 23.2 Å². The first-order valence-electron chi connectivity index (χ1n) is 13.4. The first kappa shape index (κ1) is 31.7. The van der Waals surface area contributed by atoms with E-state index >= 15 is 4.39 Å². The number of nitrogens with one attached hydrogen (secondary N) is 4. The number of H-pyrrole nitrogens is 1. The number of anilines is 2. The summed E-state index contributed by atoms with van der Waals surface area (Å²) in [5, 5.41) is 8.80. The molecule has 0 atom stereocenters. The largest absolute Gasteiger partial charge is 0.480 e. The number of alkyl halides is 3. The summed E-state index contributed by atoms with van der Waals surface area (Å²) in [6, 6.07) is 4.21. The van der Waals surface area contributed by atoms with Gasteiger partial charge in [0.05, 0.1) is 26.8 Å². The van der Waals surface area contributed by atoms with Gasteiger partial charge in [0.25, 0.3) is 5.91 Å². The predicted octanol–water partition coefficient (Wildman–Crippen LogP) is 7.42. The molecule has 0 saturated heterocycles. The number of rotatable bonds is 8. The number of carbonyl (C=O) groups excluding carboxylic acids is 2. The SMILES string of the molecule is CC(C)(C)C(=O)NCc1ccc(Cl)c(Nc2nc3c(F)c(OCC(F)(F)F)c(C(=O)NC4CCCCC4)cc3[nH]2)c1Cl. The van der Waals surface area contributed by atoms with E-state index in [-0.39, 0.29) is 51.2 Å². The normalized spacial score (nSPS) is 14.6. The van der Waals surface area contributed by atoms with Crippen molar-refractivity contribution in [3.8, 4) is 5.75 Å². The van der Waals surface area contributed by atoms with Crippen molar-refractivity contribution < 1.29 is 31.9 Å². The second-order valence-electron chi connectivity index (χ2n) is 11.2. The van der Waals surface area contributed by atoms with Gasteiger partial charge in [-0.1, -0.05) is 69.3 Å². The van der Waals surface area contributed by atoms with E-state index in [9.17, 15) is 22.8 Å². The molecule has 1 aromatic heterocycles. The monoisotopic (exact) mass is 631 g/mol. The van der Waals surface area contributed by atoms with Crippen LogP contribution in [0.25, 0.3) is 11.0 Å². The molecular formula is C28H31Cl2F4N5O3. The summed E-state index contributed by atoms with van der Waals surface area (Å²) >= 11 is 12.9. The molecule has 4 rings (SSSR count). The van der Waals surface area contributed by atoms with Crippen LogP contribution in [-0.4, -0.2) is 40.6 Å². The average molecular weight is 632 g/mol. The first-order valence-corrected chi connectivity index (χ1v) is 14.1. The Balaban J connectivity index is 1.66. The smallest absolute Gasteiger partial charge is 0.422 e. The third-order valence-corrected chi connectivity index (χ3v) is 7.52. The van der Waals surface area contributed by atoms with Gasteiger partial charge in [-0.15, -0.1) is 0 Å². The lowest BCUT2D eigenvalue weighted by Gasteiger charge is -2.23. The van der Waals surface area contributed by atoms with Crippen LogP contribution in [0.15, 0.2) is 18.2 Å². The van der Waals surface area contributed by atoms with E-state index < -0.39 is 41.2 Å². The third kappa shape index (κ3) is 7.57. The van der Waals surface area contributed by atoms with Crippen molar-refractivity contribution in [2.75, 3.05) is 11.9 Å². The maximum atomic E-state index is 15.6. The van der Waals surface area contributed by atoms with Gasteiger partial charge in [-0.25, -0.2) is 9.37 Å². The number of aromatic nitrogens is 2. The minimum Gasteiger partial charge on any atom is -0.480 e. The molecule has 1 saturated carbocycles. The minimum absolute atomic E-state index is 0.0315. The van der Waals surface area contributed by atoms with Crippen molar-refractivity contribution in [3.05, 3.63) is 45.2 Å². The maximum absolute atomic E-state index is 15.6. The number of hydrogen-bond donors (Lipinski definition) is 4. The molecule has 42 heavy (non-hydrogen) atoms. The van der Waals surface area contributed by atoms with E-state index in [1.165, 1.54) is 6.07 Å². The number of fused-ring (bicyclic) bond motifs is 1. The van der Waals surface area contributed by atoms with Gasteiger partial charge in [0.2, 0.25) is 11.9 Å². The molecule has 8 nitrogen and oxygen atoms in total. The number of carbonyl (C=O) groups is 2. The van der Waals surface area contributed by atoms with Gasteiger partial charge in [0, 0.05) is 18.0 Å². The summed E-state index contributed by atoms with van der Waals surface area (Å²) in [6.45, 7) is 3.62. The quantitative estimate of drug-likeness (QED) is 0.194. The molecule has 1 aliphatic rings. The number of hydrogen-bond acceptors (Lipinski definition) is 5. The third-order valence-electron chi connectivity index (χ3n) is 6.77. The Labute approximate surface area is 249 Å². The Morgan fingerprint density at radius 2 is 1.81 bits per heavy atom. The maximum Gasteiger partial charge on any atom is 0.422 e. The molecule has 1 fully saturated rings. The van der Waals surface area contributed by atoms with Crippen LogP contribution in [0.3, 0.4) is 0 Å². The molecular weight excluding hydrogens is 601 g/mol. The molecule has 2 aromatic carbocycles. The highest BCUT2D eigenvalue weighted by molar-refractivity contribution is 6.39. The molecule has 4 N–H and O–H groups in total. The molecule has 2 amide bonds. The summed E-state index contributed by atoms with van der Waals surface area (Å²) in [7, 11) is 0. The lowest BCUT2D eigenvalue weighted by molar-refractivity contribution is -0.153. The standard InChI is InChI=1S/C28H31Cl2F4N5O3/c1-27(2,3)25(41)35-12-14-9-10-17(29)21(19(14)30)38-26-37-18-11-16(24(40)36-15-7-5-4-6-8-15)23(20(31)22(18)39-26)42-13-28(32,33)34/h9-11,15H,4-8,12-13H2,1-3H3,(H,35,41)(H,36,40)(H2,37,38,39). The Bertz CT molecular complexity index is 1480. The zero-order chi connectivity index (χ0) is 30.8. The second kappa shape index (κ2) is 12.5. The molecule has 14 heteroatoms. The van der Waals surface area contributed by atoms with Gasteiger partial charge >= 0.3 is 6.18 Å². The van der Waals surface area contributed by atoms with E-state index in [2.05, 4.69) is 25.9 Å². The number of ether oxygens (including phenoxy) is 1. The zero-order valence-electron chi connectivity index (χ0n) is 23.2. The number of benzene rings is 2. The highest BCUT2D eigenvalue weighted by Gasteiger charge is 2.32. The fourth-order valence-corrected chi connectivity index (χ4v) is 5.06. The number of nitrogens with zero attached hydrogens (tertiary/aromatic N) is 1. The van der Waals surface area contributed by atoms with E-state index in [1.54, 1.807) is 32.9 Å². The van der Waals surface area contributed by atoms with Crippen LogP contribution in [0.5, 0.6) is 5.75 Å². The molecule has 0 radical (unpaired) electrons. The molecule has 0 aliphatic heterocycles. The van der Waals surface area contributed by atoms with Crippen LogP contribution in [0.2, 0.25) is 10.0 Å². The lowest BCUT2D eigenvalue weighted by atomic mass is 9.95. The van der Waals surface area contributed by atoms with Crippen LogP contribution < -0.4 is 20.7 Å². The first-order chi connectivity index (χ1) is 19.6. The fraction of sp³-hybridized carbons (Fsp3) is 0.464. The van der Waals surface area contributed by atoms with Crippen LogP contribution in [0.4, 0.5) is 29.2 Å². The van der Waals surface area contributed by atoms with Crippen molar-refractivity contribution in [1.29, 1.82) is 0 Å². The van der Waals surface area contributed by atoms with Gasteiger partial charge in [0.15, 0.2) is 18.2 Å². The van der Waals surface area contributed by atoms with E-state index in [0.29, 0.717) is 18.4 Å². The lowest BCUT2D eigenvalue weighted by Crippen LogP contribution is -2.36. The highest BCUT2D eigenvalue weighted by atomic mass is 35.5. The van der Waals surface area contributed by atoms with Crippen molar-refractivity contribution in [3.63, 3.8) is 0 Å². The van der Waals surface area contributed by atoms with Crippen molar-refractivity contribution in [2.24, 2.45) is 5.41 Å². The van der Waals surface area contributed by atoms with Crippen LogP contribution in [-0.2, 0) is 11.3 Å². The van der Waals surface area contributed by atoms with Gasteiger partial charge in [0.1, 0.15) is 5.52 Å². The molecule has 0 unspecified atom stereocenters. The Hall–Kier alpha value is -3.25.